The molecule has 0 radical (unpaired) electrons. The molecule has 0 aliphatic heterocycles. The molecule has 0 aliphatic rings. The van der Waals surface area contributed by atoms with Crippen molar-refractivity contribution in [1.29, 1.82) is 0 Å². The van der Waals surface area contributed by atoms with Crippen LogP contribution in [-0.2, 0) is 6.54 Å². The minimum Gasteiger partial charge on any atom is -0.388 e. The molecule has 0 bridgehead atoms. The molecule has 0 fully saturated rings. The fraction of sp³-hybridized carbons (Fsp3) is 0.250. The summed E-state index contributed by atoms with van der Waals surface area (Å²) >= 11 is 0. The van der Waals surface area contributed by atoms with Crippen molar-refractivity contribution >= 4 is 5.82 Å². The van der Waals surface area contributed by atoms with E-state index in [0.29, 0.717) is 13.0 Å². The van der Waals surface area contributed by atoms with Gasteiger partial charge in [-0.15, -0.1) is 0 Å². The van der Waals surface area contributed by atoms with E-state index in [9.17, 15) is 15.2 Å². The second-order valence-electron chi connectivity index (χ2n) is 3.91. The molecular weight excluding hydrogens is 234 g/mol. The van der Waals surface area contributed by atoms with Gasteiger partial charge in [-0.2, -0.15) is 4.68 Å². The van der Waals surface area contributed by atoms with Gasteiger partial charge in [-0.1, -0.05) is 30.3 Å². The molecular formula is C12H13N3O3. The number of nitro groups is 1. The molecule has 0 aliphatic carbocycles. The van der Waals surface area contributed by atoms with Crippen molar-refractivity contribution in [2.45, 2.75) is 19.1 Å². The van der Waals surface area contributed by atoms with Gasteiger partial charge in [0.1, 0.15) is 0 Å². The van der Waals surface area contributed by atoms with Crippen LogP contribution in [0.4, 0.5) is 5.82 Å². The third-order valence-corrected chi connectivity index (χ3v) is 2.63. The molecule has 1 N–H and O–H groups in total. The SMILES string of the molecule is O=[N+]([O-])c1ccn(CC[C@@H](O)c2ccccc2)n1. The summed E-state index contributed by atoms with van der Waals surface area (Å²) in [6.07, 6.45) is 1.41. The molecule has 0 saturated carbocycles. The molecule has 1 heterocycles. The predicted octanol–water partition coefficient (Wildman–Crippen LogP) is 1.91. The van der Waals surface area contributed by atoms with Gasteiger partial charge < -0.3 is 15.2 Å². The molecule has 2 rings (SSSR count). The number of aliphatic hydroxyl groups excluding tert-OH is 1. The van der Waals surface area contributed by atoms with Gasteiger partial charge in [-0.05, 0) is 16.9 Å². The van der Waals surface area contributed by atoms with E-state index in [1.165, 1.54) is 16.9 Å². The van der Waals surface area contributed by atoms with E-state index in [2.05, 4.69) is 5.10 Å². The fourth-order valence-corrected chi connectivity index (χ4v) is 1.67. The molecule has 2 aromatic rings. The van der Waals surface area contributed by atoms with E-state index < -0.39 is 11.0 Å². The Bertz CT molecular complexity index is 524. The van der Waals surface area contributed by atoms with Crippen LogP contribution in [0.2, 0.25) is 0 Å². The topological polar surface area (TPSA) is 81.2 Å². The van der Waals surface area contributed by atoms with Crippen molar-refractivity contribution in [3.05, 3.63) is 58.3 Å². The van der Waals surface area contributed by atoms with Crippen molar-refractivity contribution < 1.29 is 10.0 Å². The highest BCUT2D eigenvalue weighted by molar-refractivity contribution is 5.17. The predicted molar refractivity (Wildman–Crippen MR) is 64.9 cm³/mol. The summed E-state index contributed by atoms with van der Waals surface area (Å²) in [6, 6.07) is 10.6. The van der Waals surface area contributed by atoms with Crippen LogP contribution in [0.5, 0.6) is 0 Å². The van der Waals surface area contributed by atoms with E-state index in [1.807, 2.05) is 30.3 Å². The monoisotopic (exact) mass is 247 g/mol. The van der Waals surface area contributed by atoms with E-state index in [-0.39, 0.29) is 5.82 Å². The van der Waals surface area contributed by atoms with Crippen molar-refractivity contribution in [3.63, 3.8) is 0 Å². The zero-order chi connectivity index (χ0) is 13.0. The van der Waals surface area contributed by atoms with E-state index in [1.54, 1.807) is 0 Å². The zero-order valence-corrected chi connectivity index (χ0v) is 9.64. The average Bonchev–Trinajstić information content (AvgIpc) is 2.86. The lowest BCUT2D eigenvalue weighted by molar-refractivity contribution is -0.389. The molecule has 6 heteroatoms. The third-order valence-electron chi connectivity index (χ3n) is 2.63. The molecule has 0 saturated heterocycles. The summed E-state index contributed by atoms with van der Waals surface area (Å²) < 4.78 is 1.46. The zero-order valence-electron chi connectivity index (χ0n) is 9.64. The van der Waals surface area contributed by atoms with Gasteiger partial charge in [0.2, 0.25) is 0 Å². The van der Waals surface area contributed by atoms with Crippen LogP contribution < -0.4 is 0 Å². The van der Waals surface area contributed by atoms with Gasteiger partial charge in [0, 0.05) is 0 Å². The lowest BCUT2D eigenvalue weighted by Crippen LogP contribution is -2.05. The van der Waals surface area contributed by atoms with E-state index >= 15 is 0 Å². The summed E-state index contributed by atoms with van der Waals surface area (Å²) in [4.78, 5) is 9.92. The molecule has 0 spiro atoms. The number of hydrogen-bond acceptors (Lipinski definition) is 4. The summed E-state index contributed by atoms with van der Waals surface area (Å²) in [7, 11) is 0. The molecule has 1 aromatic heterocycles. The maximum Gasteiger partial charge on any atom is 0.389 e. The van der Waals surface area contributed by atoms with Crippen molar-refractivity contribution in [1.82, 2.24) is 9.78 Å². The number of hydrogen-bond donors (Lipinski definition) is 1. The van der Waals surface area contributed by atoms with Crippen molar-refractivity contribution in [2.75, 3.05) is 0 Å². The third kappa shape index (κ3) is 2.92. The Balaban J connectivity index is 1.93. The Morgan fingerprint density at radius 1 is 1.33 bits per heavy atom. The summed E-state index contributed by atoms with van der Waals surface area (Å²) in [6.45, 7) is 0.434. The Morgan fingerprint density at radius 3 is 2.67 bits per heavy atom. The highest BCUT2D eigenvalue weighted by atomic mass is 16.6. The van der Waals surface area contributed by atoms with Crippen LogP contribution in [0.25, 0.3) is 0 Å². The summed E-state index contributed by atoms with van der Waals surface area (Å²) in [5, 5.41) is 24.2. The first-order chi connectivity index (χ1) is 8.66. The van der Waals surface area contributed by atoms with Crippen LogP contribution in [0, 0.1) is 10.1 Å². The first-order valence-corrected chi connectivity index (χ1v) is 5.57. The van der Waals surface area contributed by atoms with E-state index in [0.717, 1.165) is 5.56 Å². The second kappa shape index (κ2) is 5.42. The van der Waals surface area contributed by atoms with Gasteiger partial charge in [-0.3, -0.25) is 0 Å². The molecule has 94 valence electrons. The number of aliphatic hydroxyl groups is 1. The Labute approximate surface area is 104 Å². The second-order valence-corrected chi connectivity index (χ2v) is 3.91. The van der Waals surface area contributed by atoms with Crippen LogP contribution >= 0.6 is 0 Å². The highest BCUT2D eigenvalue weighted by Crippen LogP contribution is 2.17. The largest absolute Gasteiger partial charge is 0.389 e. The van der Waals surface area contributed by atoms with Gasteiger partial charge in [0.25, 0.3) is 0 Å². The smallest absolute Gasteiger partial charge is 0.388 e. The number of aryl methyl sites for hydroxylation is 1. The van der Waals surface area contributed by atoms with Crippen LogP contribution in [0.15, 0.2) is 42.6 Å². The Hall–Kier alpha value is -2.21. The molecule has 1 atom stereocenters. The van der Waals surface area contributed by atoms with Gasteiger partial charge in [0.05, 0.1) is 30.0 Å². The number of aromatic nitrogens is 2. The molecule has 6 nitrogen and oxygen atoms in total. The van der Waals surface area contributed by atoms with Gasteiger partial charge in [0.15, 0.2) is 0 Å². The standard InChI is InChI=1S/C12H13N3O3/c16-11(10-4-2-1-3-5-10)6-8-14-9-7-12(13-14)15(17)18/h1-5,7,9,11,16H,6,8H2/t11-/m1/s1. The molecule has 0 amide bonds. The molecule has 0 unspecified atom stereocenters. The maximum absolute atomic E-state index is 10.5. The Morgan fingerprint density at radius 2 is 2.06 bits per heavy atom. The fourth-order valence-electron chi connectivity index (χ4n) is 1.67. The number of nitrogens with zero attached hydrogens (tertiary/aromatic N) is 3. The van der Waals surface area contributed by atoms with Crippen molar-refractivity contribution in [3.8, 4) is 0 Å². The van der Waals surface area contributed by atoms with Crippen LogP contribution in [0.3, 0.4) is 0 Å². The first kappa shape index (κ1) is 12.3. The Kier molecular flexibility index (Phi) is 3.69. The quantitative estimate of drug-likeness (QED) is 0.646. The maximum atomic E-state index is 10.5. The van der Waals surface area contributed by atoms with Crippen LogP contribution in [0.1, 0.15) is 18.1 Å². The average molecular weight is 247 g/mol. The lowest BCUT2D eigenvalue weighted by Gasteiger charge is -2.09. The molecule has 1 aromatic carbocycles. The van der Waals surface area contributed by atoms with Crippen LogP contribution in [-0.4, -0.2) is 19.8 Å². The normalized spacial score (nSPS) is 12.3. The minimum atomic E-state index is -0.588. The van der Waals surface area contributed by atoms with E-state index in [4.69, 9.17) is 0 Å². The number of benzene rings is 1. The lowest BCUT2D eigenvalue weighted by atomic mass is 10.1. The summed E-state index contributed by atoms with van der Waals surface area (Å²) in [5.41, 5.74) is 0.833. The number of rotatable bonds is 5. The molecule has 18 heavy (non-hydrogen) atoms. The van der Waals surface area contributed by atoms with Crippen molar-refractivity contribution in [2.24, 2.45) is 0 Å². The minimum absolute atomic E-state index is 0.177. The highest BCUT2D eigenvalue weighted by Gasteiger charge is 2.12. The first-order valence-electron chi connectivity index (χ1n) is 5.57. The van der Waals surface area contributed by atoms with Gasteiger partial charge in [-0.25, -0.2) is 0 Å². The summed E-state index contributed by atoms with van der Waals surface area (Å²) in [5.74, 6) is -0.177. The van der Waals surface area contributed by atoms with Gasteiger partial charge >= 0.3 is 5.82 Å².